The molecule has 2 saturated heterocycles. The number of nitrogens with one attached hydrogen (secondary N) is 1. The van der Waals surface area contributed by atoms with Crippen LogP contribution < -0.4 is 5.32 Å². The molecule has 0 spiro atoms. The van der Waals surface area contributed by atoms with Gasteiger partial charge in [-0.15, -0.1) is 0 Å². The third-order valence-electron chi connectivity index (χ3n) is 5.65. The number of ether oxygens (including phenoxy) is 3. The van der Waals surface area contributed by atoms with Gasteiger partial charge < -0.3 is 24.4 Å². The van der Waals surface area contributed by atoms with Gasteiger partial charge in [-0.1, -0.05) is 12.8 Å². The highest BCUT2D eigenvalue weighted by Crippen LogP contribution is 2.18. The van der Waals surface area contributed by atoms with Crippen molar-refractivity contribution in [2.24, 2.45) is 4.99 Å². The van der Waals surface area contributed by atoms with Crippen LogP contribution in [0.25, 0.3) is 0 Å². The van der Waals surface area contributed by atoms with Gasteiger partial charge in [-0.25, -0.2) is 0 Å². The Bertz CT molecular complexity index is 473. The standard InChI is InChI=1S/C22H41N3O4/c1-3-23-22(24-14-8-5-4-6-11-21(26)27-2)25-15-12-19(13-16-25)29-18-20-10-7-9-17-28-20/h19-20H,3-18H2,1-2H3,(H,23,24). The lowest BCUT2D eigenvalue weighted by molar-refractivity contribution is -0.140. The smallest absolute Gasteiger partial charge is 0.305 e. The summed E-state index contributed by atoms with van der Waals surface area (Å²) in [6.45, 7) is 7.43. The molecule has 2 aliphatic heterocycles. The molecule has 0 aliphatic carbocycles. The van der Waals surface area contributed by atoms with E-state index < -0.39 is 0 Å². The highest BCUT2D eigenvalue weighted by Gasteiger charge is 2.23. The number of carbonyl (C=O) groups excluding carboxylic acids is 1. The molecular formula is C22H41N3O4. The Balaban J connectivity index is 1.61. The maximum atomic E-state index is 11.1. The fourth-order valence-electron chi connectivity index (χ4n) is 3.86. The van der Waals surface area contributed by atoms with E-state index in [-0.39, 0.29) is 5.97 Å². The zero-order chi connectivity index (χ0) is 20.7. The van der Waals surface area contributed by atoms with Crippen molar-refractivity contribution in [1.82, 2.24) is 10.2 Å². The molecule has 29 heavy (non-hydrogen) atoms. The van der Waals surface area contributed by atoms with Crippen molar-refractivity contribution in [1.29, 1.82) is 0 Å². The summed E-state index contributed by atoms with van der Waals surface area (Å²) in [4.78, 5) is 18.3. The minimum Gasteiger partial charge on any atom is -0.469 e. The van der Waals surface area contributed by atoms with Crippen molar-refractivity contribution >= 4 is 11.9 Å². The van der Waals surface area contributed by atoms with Gasteiger partial charge in [-0.2, -0.15) is 0 Å². The first-order valence-electron chi connectivity index (χ1n) is 11.6. The van der Waals surface area contributed by atoms with Gasteiger partial charge in [-0.05, 0) is 51.9 Å². The average Bonchev–Trinajstić information content (AvgIpc) is 2.77. The maximum absolute atomic E-state index is 11.1. The van der Waals surface area contributed by atoms with E-state index in [0.717, 1.165) is 90.3 Å². The number of esters is 1. The van der Waals surface area contributed by atoms with Gasteiger partial charge >= 0.3 is 5.97 Å². The second-order valence-electron chi connectivity index (χ2n) is 7.98. The SMILES string of the molecule is CCNC(=NCCCCCCC(=O)OC)N1CCC(OCC2CCCCO2)CC1. The van der Waals surface area contributed by atoms with Crippen LogP contribution in [0.2, 0.25) is 0 Å². The van der Waals surface area contributed by atoms with Crippen LogP contribution in [-0.2, 0) is 19.0 Å². The van der Waals surface area contributed by atoms with Crippen LogP contribution >= 0.6 is 0 Å². The molecule has 168 valence electrons. The number of guanidine groups is 1. The van der Waals surface area contributed by atoms with Gasteiger partial charge in [0.2, 0.25) is 0 Å². The van der Waals surface area contributed by atoms with E-state index >= 15 is 0 Å². The monoisotopic (exact) mass is 411 g/mol. The topological polar surface area (TPSA) is 72.4 Å². The van der Waals surface area contributed by atoms with E-state index in [1.807, 2.05) is 0 Å². The fourth-order valence-corrected chi connectivity index (χ4v) is 3.86. The summed E-state index contributed by atoms with van der Waals surface area (Å²) in [6, 6.07) is 0. The van der Waals surface area contributed by atoms with Crippen LogP contribution in [0.4, 0.5) is 0 Å². The molecule has 2 aliphatic rings. The Labute approximate surface area is 176 Å². The lowest BCUT2D eigenvalue weighted by Gasteiger charge is -2.35. The molecule has 0 aromatic carbocycles. The Morgan fingerprint density at radius 1 is 1.14 bits per heavy atom. The largest absolute Gasteiger partial charge is 0.469 e. The van der Waals surface area contributed by atoms with Gasteiger partial charge in [0.1, 0.15) is 0 Å². The summed E-state index contributed by atoms with van der Waals surface area (Å²) >= 11 is 0. The lowest BCUT2D eigenvalue weighted by atomic mass is 10.1. The van der Waals surface area contributed by atoms with Gasteiger partial charge in [0, 0.05) is 39.2 Å². The maximum Gasteiger partial charge on any atom is 0.305 e. The predicted molar refractivity (Wildman–Crippen MR) is 115 cm³/mol. The van der Waals surface area contributed by atoms with E-state index in [9.17, 15) is 4.79 Å². The molecular weight excluding hydrogens is 370 g/mol. The minimum absolute atomic E-state index is 0.115. The van der Waals surface area contributed by atoms with Crippen molar-refractivity contribution in [3.8, 4) is 0 Å². The van der Waals surface area contributed by atoms with Crippen LogP contribution in [0.15, 0.2) is 4.99 Å². The molecule has 0 saturated carbocycles. The number of likely N-dealkylation sites (tertiary alicyclic amines) is 1. The van der Waals surface area contributed by atoms with E-state index in [2.05, 4.69) is 21.9 Å². The first-order valence-corrected chi connectivity index (χ1v) is 11.6. The van der Waals surface area contributed by atoms with Crippen LogP contribution in [0.5, 0.6) is 0 Å². The first-order chi connectivity index (χ1) is 14.2. The number of hydrogen-bond donors (Lipinski definition) is 1. The van der Waals surface area contributed by atoms with Crippen molar-refractivity contribution in [2.75, 3.05) is 46.5 Å². The predicted octanol–water partition coefficient (Wildman–Crippen LogP) is 3.13. The number of unbranched alkanes of at least 4 members (excludes halogenated alkanes) is 3. The normalized spacial score (nSPS) is 21.2. The van der Waals surface area contributed by atoms with Crippen molar-refractivity contribution in [3.63, 3.8) is 0 Å². The summed E-state index contributed by atoms with van der Waals surface area (Å²) in [5.41, 5.74) is 0. The Morgan fingerprint density at radius 2 is 1.93 bits per heavy atom. The molecule has 7 nitrogen and oxygen atoms in total. The number of rotatable bonds is 11. The summed E-state index contributed by atoms with van der Waals surface area (Å²) in [6.07, 6.45) is 10.9. The van der Waals surface area contributed by atoms with Crippen LogP contribution in [-0.4, -0.2) is 75.5 Å². The van der Waals surface area contributed by atoms with Gasteiger partial charge in [0.15, 0.2) is 5.96 Å². The number of aliphatic imine (C=N–C) groups is 1. The number of piperidine rings is 1. The van der Waals surface area contributed by atoms with Crippen molar-refractivity contribution < 1.29 is 19.0 Å². The van der Waals surface area contributed by atoms with Gasteiger partial charge in [0.05, 0.1) is 25.9 Å². The van der Waals surface area contributed by atoms with Crippen LogP contribution in [0, 0.1) is 0 Å². The highest BCUT2D eigenvalue weighted by molar-refractivity contribution is 5.80. The number of hydrogen-bond acceptors (Lipinski definition) is 5. The van der Waals surface area contributed by atoms with E-state index in [1.54, 1.807) is 0 Å². The summed E-state index contributed by atoms with van der Waals surface area (Å²) < 4.78 is 16.6. The fraction of sp³-hybridized carbons (Fsp3) is 0.909. The molecule has 0 aromatic heterocycles. The number of carbonyl (C=O) groups is 1. The summed E-state index contributed by atoms with van der Waals surface area (Å²) in [5, 5.41) is 3.43. The number of methoxy groups -OCH3 is 1. The third kappa shape index (κ3) is 9.81. The van der Waals surface area contributed by atoms with Gasteiger partial charge in [-0.3, -0.25) is 9.79 Å². The average molecular weight is 412 g/mol. The molecule has 0 aromatic rings. The molecule has 1 N–H and O–H groups in total. The zero-order valence-electron chi connectivity index (χ0n) is 18.5. The molecule has 1 atom stereocenters. The van der Waals surface area contributed by atoms with E-state index in [1.165, 1.54) is 20.0 Å². The molecule has 0 amide bonds. The molecule has 2 heterocycles. The quantitative estimate of drug-likeness (QED) is 0.244. The Hall–Kier alpha value is -1.34. The van der Waals surface area contributed by atoms with E-state index in [0.29, 0.717) is 18.6 Å². The van der Waals surface area contributed by atoms with Gasteiger partial charge in [0.25, 0.3) is 0 Å². The number of nitrogens with zero attached hydrogens (tertiary/aromatic N) is 2. The summed E-state index contributed by atoms with van der Waals surface area (Å²) in [7, 11) is 1.44. The second-order valence-corrected chi connectivity index (χ2v) is 7.98. The lowest BCUT2D eigenvalue weighted by Crippen LogP contribution is -2.47. The van der Waals surface area contributed by atoms with Crippen LogP contribution in [0.3, 0.4) is 0 Å². The molecule has 7 heteroatoms. The molecule has 1 unspecified atom stereocenters. The van der Waals surface area contributed by atoms with Crippen LogP contribution in [0.1, 0.15) is 71.1 Å². The molecule has 2 fully saturated rings. The zero-order valence-corrected chi connectivity index (χ0v) is 18.5. The molecule has 0 radical (unpaired) electrons. The van der Waals surface area contributed by atoms with E-state index in [4.69, 9.17) is 14.5 Å². The van der Waals surface area contributed by atoms with Crippen molar-refractivity contribution in [2.45, 2.75) is 83.3 Å². The Morgan fingerprint density at radius 3 is 2.62 bits per heavy atom. The third-order valence-corrected chi connectivity index (χ3v) is 5.65. The minimum atomic E-state index is -0.115. The molecule has 2 rings (SSSR count). The first kappa shape index (κ1) is 23.9. The summed E-state index contributed by atoms with van der Waals surface area (Å²) in [5.74, 6) is 0.909. The molecule has 0 bridgehead atoms. The van der Waals surface area contributed by atoms with Crippen molar-refractivity contribution in [3.05, 3.63) is 0 Å². The Kier molecular flexibility index (Phi) is 12.1. The second kappa shape index (κ2) is 14.6. The highest BCUT2D eigenvalue weighted by atomic mass is 16.5.